The van der Waals surface area contributed by atoms with Crippen LogP contribution in [0.4, 0.5) is 17.3 Å². The fourth-order valence-corrected chi connectivity index (χ4v) is 3.36. The van der Waals surface area contributed by atoms with Gasteiger partial charge >= 0.3 is 0 Å². The van der Waals surface area contributed by atoms with Crippen LogP contribution in [0.1, 0.15) is 18.7 Å². The molecule has 4 heterocycles. The van der Waals surface area contributed by atoms with E-state index in [9.17, 15) is 4.79 Å². The van der Waals surface area contributed by atoms with E-state index in [-0.39, 0.29) is 12.5 Å². The summed E-state index contributed by atoms with van der Waals surface area (Å²) in [5.41, 5.74) is 2.65. The van der Waals surface area contributed by atoms with Crippen molar-refractivity contribution in [1.82, 2.24) is 19.5 Å². The first kappa shape index (κ1) is 16.0. The van der Waals surface area contributed by atoms with Gasteiger partial charge < -0.3 is 19.5 Å². The molecule has 3 aromatic rings. The molecule has 8 nitrogen and oxygen atoms in total. The highest BCUT2D eigenvalue weighted by Gasteiger charge is 2.25. The summed E-state index contributed by atoms with van der Waals surface area (Å²) < 4.78 is 7.72. The number of carbonyl (C=O) groups is 1. The Morgan fingerprint density at radius 2 is 2.11 bits per heavy atom. The van der Waals surface area contributed by atoms with Gasteiger partial charge in [0.15, 0.2) is 6.61 Å². The summed E-state index contributed by atoms with van der Waals surface area (Å²) in [4.78, 5) is 26.8. The summed E-state index contributed by atoms with van der Waals surface area (Å²) in [5, 5.41) is 3.23. The third-order valence-electron chi connectivity index (χ3n) is 5.13. The first-order chi connectivity index (χ1) is 13.1. The molecule has 0 aromatic carbocycles. The van der Waals surface area contributed by atoms with E-state index in [4.69, 9.17) is 4.74 Å². The van der Waals surface area contributed by atoms with Crippen LogP contribution < -0.4 is 15.0 Å². The van der Waals surface area contributed by atoms with E-state index in [1.807, 2.05) is 25.1 Å². The van der Waals surface area contributed by atoms with Gasteiger partial charge in [-0.1, -0.05) is 0 Å². The van der Waals surface area contributed by atoms with Gasteiger partial charge in [0.1, 0.15) is 28.7 Å². The van der Waals surface area contributed by atoms with Gasteiger partial charge in [0.2, 0.25) is 5.88 Å². The summed E-state index contributed by atoms with van der Waals surface area (Å²) in [6, 6.07) is 5.65. The fraction of sp³-hybridized carbons (Fsp3) is 0.368. The lowest BCUT2D eigenvalue weighted by Crippen LogP contribution is -2.35. The molecule has 0 unspecified atom stereocenters. The highest BCUT2D eigenvalue weighted by molar-refractivity contribution is 5.97. The minimum absolute atomic E-state index is 0.00376. The van der Waals surface area contributed by atoms with Crippen LogP contribution in [0.3, 0.4) is 0 Å². The Morgan fingerprint density at radius 3 is 2.93 bits per heavy atom. The van der Waals surface area contributed by atoms with Gasteiger partial charge in [-0.2, -0.15) is 4.98 Å². The molecule has 1 aliphatic carbocycles. The smallest absolute Gasteiger partial charge is 0.264 e. The Kier molecular flexibility index (Phi) is 3.53. The van der Waals surface area contributed by atoms with Gasteiger partial charge in [-0.25, -0.2) is 9.97 Å². The number of anilines is 3. The molecular weight excluding hydrogens is 344 g/mol. The van der Waals surface area contributed by atoms with Crippen LogP contribution in [0.5, 0.6) is 5.88 Å². The maximum Gasteiger partial charge on any atom is 0.264 e. The molecule has 0 atom stereocenters. The number of carbonyl (C=O) groups excluding carboxylic acids is 1. The second-order valence-corrected chi connectivity index (χ2v) is 7.16. The maximum absolute atomic E-state index is 11.7. The number of nitrogens with zero attached hydrogens (tertiary/aromatic N) is 5. The SMILES string of the molecule is Cc1nc2cnc(Nc3ccc4c(n3)OCC(=O)N4C)cc2n1CC1CC1. The molecule has 1 fully saturated rings. The van der Waals surface area contributed by atoms with Gasteiger partial charge in [0.25, 0.3) is 5.91 Å². The predicted octanol–water partition coefficient (Wildman–Crippen LogP) is 2.64. The van der Waals surface area contributed by atoms with E-state index in [0.717, 1.165) is 29.3 Å². The monoisotopic (exact) mass is 364 g/mol. The molecule has 1 saturated carbocycles. The number of aryl methyl sites for hydroxylation is 1. The molecule has 1 N–H and O–H groups in total. The Morgan fingerprint density at radius 1 is 1.26 bits per heavy atom. The van der Waals surface area contributed by atoms with Crippen molar-refractivity contribution in [3.63, 3.8) is 0 Å². The average Bonchev–Trinajstić information content (AvgIpc) is 3.43. The van der Waals surface area contributed by atoms with E-state index in [0.29, 0.717) is 23.2 Å². The number of nitrogens with one attached hydrogen (secondary N) is 1. The number of amides is 1. The standard InChI is InChI=1S/C19H20N6O2/c1-11-21-13-8-20-17(7-15(13)25(11)9-12-3-4-12)22-16-6-5-14-19(23-16)27-10-18(26)24(14)2/h5-8,12H,3-4,9-10H2,1-2H3,(H,20,22,23). The fourth-order valence-electron chi connectivity index (χ4n) is 3.36. The van der Waals surface area contributed by atoms with Crippen LogP contribution >= 0.6 is 0 Å². The Hall–Kier alpha value is -3.16. The Bertz CT molecular complexity index is 1060. The molecule has 3 aromatic heterocycles. The third kappa shape index (κ3) is 2.87. The molecule has 5 rings (SSSR count). The first-order valence-electron chi connectivity index (χ1n) is 9.09. The van der Waals surface area contributed by atoms with Crippen molar-refractivity contribution in [1.29, 1.82) is 0 Å². The van der Waals surface area contributed by atoms with E-state index in [1.54, 1.807) is 18.1 Å². The third-order valence-corrected chi connectivity index (χ3v) is 5.13. The topological polar surface area (TPSA) is 85.2 Å². The average molecular weight is 364 g/mol. The molecule has 1 aliphatic heterocycles. The number of aromatic nitrogens is 4. The Labute approximate surface area is 156 Å². The first-order valence-corrected chi connectivity index (χ1v) is 9.09. The lowest BCUT2D eigenvalue weighted by molar-refractivity contribution is -0.121. The molecule has 1 amide bonds. The number of likely N-dealkylation sites (N-methyl/N-ethyl adjacent to an activating group) is 1. The summed E-state index contributed by atoms with van der Waals surface area (Å²) in [5.74, 6) is 3.46. The largest absolute Gasteiger partial charge is 0.466 e. The Balaban J connectivity index is 1.45. The van der Waals surface area contributed by atoms with Crippen LogP contribution in [0.2, 0.25) is 0 Å². The minimum Gasteiger partial charge on any atom is -0.466 e. The number of rotatable bonds is 4. The van der Waals surface area contributed by atoms with Gasteiger partial charge in [0.05, 0.1) is 11.7 Å². The van der Waals surface area contributed by atoms with Gasteiger partial charge in [-0.15, -0.1) is 0 Å². The molecule has 8 heteroatoms. The zero-order valence-electron chi connectivity index (χ0n) is 15.3. The number of pyridine rings is 2. The molecular formula is C19H20N6O2. The van der Waals surface area contributed by atoms with Gasteiger partial charge in [0, 0.05) is 19.7 Å². The van der Waals surface area contributed by atoms with Crippen molar-refractivity contribution in [3.05, 3.63) is 30.2 Å². The summed E-state index contributed by atoms with van der Waals surface area (Å²) >= 11 is 0. The lowest BCUT2D eigenvalue weighted by atomic mass is 10.3. The minimum atomic E-state index is -0.0866. The maximum atomic E-state index is 11.7. The molecule has 0 radical (unpaired) electrons. The number of fused-ring (bicyclic) bond motifs is 2. The normalized spacial score (nSPS) is 16.4. The zero-order chi connectivity index (χ0) is 18.5. The van der Waals surface area contributed by atoms with Gasteiger partial charge in [-0.3, -0.25) is 4.79 Å². The molecule has 2 aliphatic rings. The van der Waals surface area contributed by atoms with Crippen molar-refractivity contribution in [2.24, 2.45) is 5.92 Å². The number of imidazole rings is 1. The summed E-state index contributed by atoms with van der Waals surface area (Å²) in [6.45, 7) is 3.05. The zero-order valence-corrected chi connectivity index (χ0v) is 15.3. The van der Waals surface area contributed by atoms with Crippen molar-refractivity contribution >= 4 is 34.3 Å². The van der Waals surface area contributed by atoms with E-state index in [1.165, 1.54) is 12.8 Å². The van der Waals surface area contributed by atoms with Crippen LogP contribution in [0.15, 0.2) is 24.4 Å². The van der Waals surface area contributed by atoms with Crippen molar-refractivity contribution in [3.8, 4) is 5.88 Å². The van der Waals surface area contributed by atoms with Crippen LogP contribution in [0.25, 0.3) is 11.0 Å². The number of hydrogen-bond acceptors (Lipinski definition) is 6. The highest BCUT2D eigenvalue weighted by Crippen LogP contribution is 2.33. The van der Waals surface area contributed by atoms with Crippen molar-refractivity contribution < 1.29 is 9.53 Å². The molecule has 0 bridgehead atoms. The molecule has 138 valence electrons. The van der Waals surface area contributed by atoms with Crippen molar-refractivity contribution in [2.75, 3.05) is 23.9 Å². The molecule has 0 spiro atoms. The number of ether oxygens (including phenoxy) is 1. The second kappa shape index (κ2) is 5.94. The summed E-state index contributed by atoms with van der Waals surface area (Å²) in [7, 11) is 1.72. The highest BCUT2D eigenvalue weighted by atomic mass is 16.5. The van der Waals surface area contributed by atoms with E-state index in [2.05, 4.69) is 24.8 Å². The van der Waals surface area contributed by atoms with Crippen LogP contribution in [-0.2, 0) is 11.3 Å². The van der Waals surface area contributed by atoms with Crippen LogP contribution in [0, 0.1) is 12.8 Å². The molecule has 27 heavy (non-hydrogen) atoms. The quantitative estimate of drug-likeness (QED) is 0.766. The second-order valence-electron chi connectivity index (χ2n) is 7.16. The van der Waals surface area contributed by atoms with E-state index < -0.39 is 0 Å². The predicted molar refractivity (Wildman–Crippen MR) is 101 cm³/mol. The summed E-state index contributed by atoms with van der Waals surface area (Å²) in [6.07, 6.45) is 4.38. The molecule has 0 saturated heterocycles. The number of hydrogen-bond donors (Lipinski definition) is 1. The van der Waals surface area contributed by atoms with Crippen molar-refractivity contribution in [2.45, 2.75) is 26.3 Å². The van der Waals surface area contributed by atoms with Gasteiger partial charge in [-0.05, 0) is 37.8 Å². The van der Waals surface area contributed by atoms with E-state index >= 15 is 0 Å². The lowest BCUT2D eigenvalue weighted by Gasteiger charge is -2.25. The van der Waals surface area contributed by atoms with Crippen LogP contribution in [-0.4, -0.2) is 39.1 Å².